The molecule has 5 heteroatoms. The highest BCUT2D eigenvalue weighted by Crippen LogP contribution is 2.07. The second-order valence-corrected chi connectivity index (χ2v) is 3.80. The Morgan fingerprint density at radius 1 is 1.40 bits per heavy atom. The van der Waals surface area contributed by atoms with Crippen LogP contribution < -0.4 is 5.73 Å². The van der Waals surface area contributed by atoms with Crippen LogP contribution >= 0.6 is 0 Å². The molecule has 2 N–H and O–H groups in total. The third-order valence-electron chi connectivity index (χ3n) is 1.11. The maximum Gasteiger partial charge on any atom is 0.435 e. The van der Waals surface area contributed by atoms with Crippen molar-refractivity contribution in [3.63, 3.8) is 0 Å². The number of hydrogen-bond acceptors (Lipinski definition) is 3. The van der Waals surface area contributed by atoms with Gasteiger partial charge in [-0.1, -0.05) is 0 Å². The summed E-state index contributed by atoms with van der Waals surface area (Å²) < 4.78 is 4.97. The lowest BCUT2D eigenvalue weighted by atomic mass is 10.2. The largest absolute Gasteiger partial charge is 0.442 e. The Kier molecular flexibility index (Phi) is 5.30. The van der Waals surface area contributed by atoms with Crippen LogP contribution in [0, 0.1) is 0 Å². The first-order valence-corrected chi connectivity index (χ1v) is 4.54. The fraction of sp³-hybridized carbons (Fsp3) is 0.500. The summed E-state index contributed by atoms with van der Waals surface area (Å²) in [4.78, 5) is 18.6. The van der Waals surface area contributed by atoms with Crippen LogP contribution in [0.25, 0.3) is 0 Å². The Labute approximate surface area is 89.7 Å². The van der Waals surface area contributed by atoms with Crippen molar-refractivity contribution in [1.29, 1.82) is 0 Å². The van der Waals surface area contributed by atoms with E-state index in [2.05, 4.69) is 9.98 Å². The molecule has 84 valence electrons. The number of ether oxygens (including phenoxy) is 1. The monoisotopic (exact) mass is 211 g/mol. The SMILES string of the molecule is CC(N=CC=CN)=NC(=O)OC(C)(C)C. The Morgan fingerprint density at radius 2 is 2.00 bits per heavy atom. The molecular weight excluding hydrogens is 194 g/mol. The van der Waals surface area contributed by atoms with Gasteiger partial charge in [-0.2, -0.15) is 4.99 Å². The van der Waals surface area contributed by atoms with E-state index in [1.54, 1.807) is 27.7 Å². The average Bonchev–Trinajstić information content (AvgIpc) is 2.00. The molecule has 0 bridgehead atoms. The lowest BCUT2D eigenvalue weighted by molar-refractivity contribution is 0.0604. The van der Waals surface area contributed by atoms with Crippen LogP contribution in [-0.4, -0.2) is 23.7 Å². The van der Waals surface area contributed by atoms with Crippen molar-refractivity contribution < 1.29 is 9.53 Å². The van der Waals surface area contributed by atoms with Crippen LogP contribution in [0.4, 0.5) is 4.79 Å². The van der Waals surface area contributed by atoms with Crippen LogP contribution in [0.15, 0.2) is 22.3 Å². The van der Waals surface area contributed by atoms with Crippen LogP contribution in [-0.2, 0) is 4.74 Å². The molecule has 15 heavy (non-hydrogen) atoms. The first-order chi connectivity index (χ1) is 6.85. The number of carbonyl (C=O) groups is 1. The molecule has 0 aromatic heterocycles. The molecule has 0 atom stereocenters. The van der Waals surface area contributed by atoms with E-state index in [0.717, 1.165) is 0 Å². The van der Waals surface area contributed by atoms with Crippen molar-refractivity contribution in [2.75, 3.05) is 0 Å². The zero-order valence-corrected chi connectivity index (χ0v) is 9.52. The third kappa shape index (κ3) is 8.67. The molecule has 0 aromatic carbocycles. The molecule has 0 radical (unpaired) electrons. The Bertz CT molecular complexity index is 298. The fourth-order valence-electron chi connectivity index (χ4n) is 0.646. The number of nitrogens with two attached hydrogens (primary N) is 1. The van der Waals surface area contributed by atoms with Crippen LogP contribution in [0.2, 0.25) is 0 Å². The van der Waals surface area contributed by atoms with Crippen molar-refractivity contribution in [2.45, 2.75) is 33.3 Å². The van der Waals surface area contributed by atoms with Crippen LogP contribution in [0.1, 0.15) is 27.7 Å². The predicted octanol–water partition coefficient (Wildman–Crippen LogP) is 1.88. The lowest BCUT2D eigenvalue weighted by Crippen LogP contribution is -2.22. The standard InChI is InChI=1S/C10H17N3O2/c1-8(12-7-5-6-11)13-9(14)15-10(2,3)4/h5-7H,11H2,1-4H3. The van der Waals surface area contributed by atoms with E-state index >= 15 is 0 Å². The van der Waals surface area contributed by atoms with Gasteiger partial charge in [-0.3, -0.25) is 0 Å². The zero-order valence-electron chi connectivity index (χ0n) is 9.52. The number of aliphatic imine (C=N–C) groups is 2. The number of allylic oxidation sites excluding steroid dienone is 1. The van der Waals surface area contributed by atoms with Gasteiger partial charge in [-0.05, 0) is 40.0 Å². The summed E-state index contributed by atoms with van der Waals surface area (Å²) in [6.45, 7) is 6.92. The first kappa shape index (κ1) is 13.4. The number of rotatable bonds is 1. The van der Waals surface area contributed by atoms with Gasteiger partial charge in [0.1, 0.15) is 11.4 Å². The number of amides is 1. The molecule has 0 spiro atoms. The summed E-state index contributed by atoms with van der Waals surface area (Å²) in [5, 5.41) is 0. The zero-order chi connectivity index (χ0) is 11.9. The molecule has 0 aliphatic carbocycles. The van der Waals surface area contributed by atoms with Gasteiger partial charge in [0.15, 0.2) is 0 Å². The van der Waals surface area contributed by atoms with Gasteiger partial charge >= 0.3 is 6.09 Å². The summed E-state index contributed by atoms with van der Waals surface area (Å²) >= 11 is 0. The summed E-state index contributed by atoms with van der Waals surface area (Å²) in [5.41, 5.74) is 4.56. The maximum absolute atomic E-state index is 11.2. The Balaban J connectivity index is 4.30. The molecule has 0 heterocycles. The van der Waals surface area contributed by atoms with Gasteiger partial charge in [0.05, 0.1) is 0 Å². The highest BCUT2D eigenvalue weighted by Gasteiger charge is 2.15. The Hall–Kier alpha value is -1.65. The van der Waals surface area contributed by atoms with Crippen molar-refractivity contribution in [2.24, 2.45) is 15.7 Å². The maximum atomic E-state index is 11.2. The van der Waals surface area contributed by atoms with Gasteiger partial charge in [0, 0.05) is 6.21 Å². The summed E-state index contributed by atoms with van der Waals surface area (Å²) in [7, 11) is 0. The molecule has 1 amide bonds. The van der Waals surface area contributed by atoms with Gasteiger partial charge in [0.2, 0.25) is 0 Å². The molecular formula is C10H17N3O2. The van der Waals surface area contributed by atoms with Gasteiger partial charge < -0.3 is 10.5 Å². The van der Waals surface area contributed by atoms with Crippen molar-refractivity contribution in [1.82, 2.24) is 0 Å². The minimum Gasteiger partial charge on any atom is -0.442 e. The molecule has 5 nitrogen and oxygen atoms in total. The van der Waals surface area contributed by atoms with E-state index in [0.29, 0.717) is 5.84 Å². The third-order valence-corrected chi connectivity index (χ3v) is 1.11. The molecule has 0 aliphatic heterocycles. The second-order valence-electron chi connectivity index (χ2n) is 3.80. The molecule has 0 aromatic rings. The van der Waals surface area contributed by atoms with E-state index in [-0.39, 0.29) is 0 Å². The normalized spacial score (nSPS) is 13.7. The fourth-order valence-corrected chi connectivity index (χ4v) is 0.646. The minimum absolute atomic E-state index is 0.322. The van der Waals surface area contributed by atoms with E-state index in [1.165, 1.54) is 18.5 Å². The second kappa shape index (κ2) is 5.95. The van der Waals surface area contributed by atoms with E-state index in [4.69, 9.17) is 10.5 Å². The minimum atomic E-state index is -0.645. The highest BCUT2D eigenvalue weighted by atomic mass is 16.6. The van der Waals surface area contributed by atoms with Crippen molar-refractivity contribution in [3.8, 4) is 0 Å². The van der Waals surface area contributed by atoms with Crippen molar-refractivity contribution in [3.05, 3.63) is 12.3 Å². The highest BCUT2D eigenvalue weighted by molar-refractivity contribution is 5.96. The number of amidine groups is 1. The molecule has 0 saturated heterocycles. The Morgan fingerprint density at radius 3 is 2.47 bits per heavy atom. The van der Waals surface area contributed by atoms with Crippen LogP contribution in [0.5, 0.6) is 0 Å². The van der Waals surface area contributed by atoms with Gasteiger partial charge in [0.25, 0.3) is 0 Å². The molecule has 0 rings (SSSR count). The van der Waals surface area contributed by atoms with Crippen molar-refractivity contribution >= 4 is 18.1 Å². The van der Waals surface area contributed by atoms with Crippen LogP contribution in [0.3, 0.4) is 0 Å². The smallest absolute Gasteiger partial charge is 0.435 e. The summed E-state index contributed by atoms with van der Waals surface area (Å²) in [6.07, 6.45) is 3.68. The lowest BCUT2D eigenvalue weighted by Gasteiger charge is -2.17. The van der Waals surface area contributed by atoms with Gasteiger partial charge in [-0.15, -0.1) is 0 Å². The average molecular weight is 211 g/mol. The molecule has 0 fully saturated rings. The number of hydrogen-bond donors (Lipinski definition) is 1. The molecule has 0 aliphatic rings. The first-order valence-electron chi connectivity index (χ1n) is 4.54. The van der Waals surface area contributed by atoms with E-state index < -0.39 is 11.7 Å². The number of nitrogens with zero attached hydrogens (tertiary/aromatic N) is 2. The number of carbonyl (C=O) groups excluding carboxylic acids is 1. The topological polar surface area (TPSA) is 77.0 Å². The molecule has 0 saturated carbocycles. The summed E-state index contributed by atoms with van der Waals surface area (Å²) in [5.74, 6) is 0.322. The molecule has 0 unspecified atom stereocenters. The van der Waals surface area contributed by atoms with Gasteiger partial charge in [-0.25, -0.2) is 9.79 Å². The summed E-state index contributed by atoms with van der Waals surface area (Å²) in [6, 6.07) is 0. The van der Waals surface area contributed by atoms with E-state index in [1.807, 2.05) is 0 Å². The quantitative estimate of drug-likeness (QED) is 0.531. The predicted molar refractivity (Wildman–Crippen MR) is 61.2 cm³/mol. The van der Waals surface area contributed by atoms with E-state index in [9.17, 15) is 4.79 Å².